The number of nitrogens with one attached hydrogen (secondary N) is 1. The normalized spacial score (nSPS) is 18.1. The van der Waals surface area contributed by atoms with Crippen molar-refractivity contribution in [1.29, 1.82) is 0 Å². The summed E-state index contributed by atoms with van der Waals surface area (Å²) in [5.74, 6) is 1.09. The first-order valence-electron chi connectivity index (χ1n) is 6.32. The van der Waals surface area contributed by atoms with E-state index in [1.165, 1.54) is 18.4 Å². The molecule has 0 aliphatic heterocycles. The summed E-state index contributed by atoms with van der Waals surface area (Å²) in [6.45, 7) is 6.82. The smallest absolute Gasteiger partial charge is 0.145 e. The van der Waals surface area contributed by atoms with Crippen LogP contribution in [-0.2, 0) is 23.1 Å². The second kappa shape index (κ2) is 5.19. The third-order valence-electron chi connectivity index (χ3n) is 3.49. The minimum absolute atomic E-state index is 0.144. The lowest BCUT2D eigenvalue weighted by molar-refractivity contribution is 0.199. The molecule has 0 atom stereocenters. The molecule has 1 aromatic heterocycles. The van der Waals surface area contributed by atoms with Gasteiger partial charge in [-0.25, -0.2) is 0 Å². The van der Waals surface area contributed by atoms with Crippen LogP contribution in [0.1, 0.15) is 43.7 Å². The third-order valence-corrected chi connectivity index (χ3v) is 3.49. The molecule has 1 aliphatic rings. The van der Waals surface area contributed by atoms with Gasteiger partial charge in [0.2, 0.25) is 0 Å². The Bertz CT molecular complexity index is 371. The molecule has 0 unspecified atom stereocenters. The van der Waals surface area contributed by atoms with Gasteiger partial charge in [-0.1, -0.05) is 19.0 Å². The maximum atomic E-state index is 5.54. The highest BCUT2D eigenvalue weighted by Crippen LogP contribution is 2.37. The third kappa shape index (κ3) is 2.69. The van der Waals surface area contributed by atoms with E-state index in [0.717, 1.165) is 37.6 Å². The van der Waals surface area contributed by atoms with E-state index in [0.29, 0.717) is 0 Å². The predicted molar refractivity (Wildman–Crippen MR) is 66.0 cm³/mol. The van der Waals surface area contributed by atoms with E-state index < -0.39 is 0 Å². The van der Waals surface area contributed by atoms with E-state index in [-0.39, 0.29) is 5.41 Å². The van der Waals surface area contributed by atoms with Crippen molar-refractivity contribution in [3.8, 4) is 0 Å². The Morgan fingerprint density at radius 3 is 3.06 bits per heavy atom. The van der Waals surface area contributed by atoms with E-state index in [4.69, 9.17) is 9.26 Å². The Labute approximate surface area is 103 Å². The van der Waals surface area contributed by atoms with Crippen molar-refractivity contribution in [3.63, 3.8) is 0 Å². The van der Waals surface area contributed by atoms with Crippen LogP contribution in [0.2, 0.25) is 0 Å². The maximum absolute atomic E-state index is 5.54. The molecule has 0 spiro atoms. The van der Waals surface area contributed by atoms with Crippen LogP contribution in [0.3, 0.4) is 0 Å². The van der Waals surface area contributed by atoms with Gasteiger partial charge in [0.1, 0.15) is 11.5 Å². The van der Waals surface area contributed by atoms with Crippen LogP contribution in [0.4, 0.5) is 0 Å². The lowest BCUT2D eigenvalue weighted by Gasteiger charge is -2.27. The fourth-order valence-corrected chi connectivity index (χ4v) is 2.47. The van der Waals surface area contributed by atoms with Crippen LogP contribution in [-0.4, -0.2) is 25.4 Å². The Morgan fingerprint density at radius 2 is 2.29 bits per heavy atom. The van der Waals surface area contributed by atoms with E-state index in [1.54, 1.807) is 7.11 Å². The van der Waals surface area contributed by atoms with Gasteiger partial charge in [0.15, 0.2) is 0 Å². The number of methoxy groups -OCH3 is 1. The van der Waals surface area contributed by atoms with E-state index >= 15 is 0 Å². The first kappa shape index (κ1) is 12.6. The SMILES string of the molecule is COCCNCc1noc2c1CCCC2(C)C. The van der Waals surface area contributed by atoms with Crippen molar-refractivity contribution in [2.75, 3.05) is 20.3 Å². The van der Waals surface area contributed by atoms with Crippen molar-refractivity contribution in [2.24, 2.45) is 0 Å². The number of fused-ring (bicyclic) bond motifs is 1. The standard InChI is InChI=1S/C13H22N2O2/c1-13(2)6-4-5-10-11(15-17-12(10)13)9-14-7-8-16-3/h14H,4-9H2,1-3H3. The zero-order valence-electron chi connectivity index (χ0n) is 11.0. The summed E-state index contributed by atoms with van der Waals surface area (Å²) in [7, 11) is 1.71. The molecular formula is C13H22N2O2. The van der Waals surface area contributed by atoms with Gasteiger partial charge >= 0.3 is 0 Å². The number of hydrogen-bond donors (Lipinski definition) is 1. The molecule has 0 saturated carbocycles. The van der Waals surface area contributed by atoms with Crippen molar-refractivity contribution in [1.82, 2.24) is 10.5 Å². The van der Waals surface area contributed by atoms with Crippen LogP contribution in [0.25, 0.3) is 0 Å². The van der Waals surface area contributed by atoms with Crippen molar-refractivity contribution in [3.05, 3.63) is 17.0 Å². The molecule has 4 nitrogen and oxygen atoms in total. The summed E-state index contributed by atoms with van der Waals surface area (Å²) in [6.07, 6.45) is 3.52. The fourth-order valence-electron chi connectivity index (χ4n) is 2.47. The van der Waals surface area contributed by atoms with Crippen LogP contribution in [0.15, 0.2) is 4.52 Å². The van der Waals surface area contributed by atoms with Gasteiger partial charge in [0, 0.05) is 31.2 Å². The number of hydrogen-bond acceptors (Lipinski definition) is 4. The molecule has 0 aromatic carbocycles. The number of ether oxygens (including phenoxy) is 1. The van der Waals surface area contributed by atoms with Crippen LogP contribution >= 0.6 is 0 Å². The number of aromatic nitrogens is 1. The maximum Gasteiger partial charge on any atom is 0.145 e. The van der Waals surface area contributed by atoms with Gasteiger partial charge in [-0.2, -0.15) is 0 Å². The fraction of sp³-hybridized carbons (Fsp3) is 0.769. The second-order valence-electron chi connectivity index (χ2n) is 5.34. The largest absolute Gasteiger partial charge is 0.383 e. The average Bonchev–Trinajstić information content (AvgIpc) is 2.69. The topological polar surface area (TPSA) is 47.3 Å². The minimum Gasteiger partial charge on any atom is -0.383 e. The molecule has 0 fully saturated rings. The van der Waals surface area contributed by atoms with E-state index in [9.17, 15) is 0 Å². The highest BCUT2D eigenvalue weighted by molar-refractivity contribution is 5.30. The average molecular weight is 238 g/mol. The van der Waals surface area contributed by atoms with Gasteiger partial charge in [0.05, 0.1) is 6.61 Å². The summed E-state index contributed by atoms with van der Waals surface area (Å²) >= 11 is 0. The molecule has 1 aromatic rings. The summed E-state index contributed by atoms with van der Waals surface area (Å²) in [5, 5.41) is 7.53. The molecule has 1 N–H and O–H groups in total. The molecule has 1 heterocycles. The van der Waals surface area contributed by atoms with Gasteiger partial charge in [-0.15, -0.1) is 0 Å². The summed E-state index contributed by atoms with van der Waals surface area (Å²) in [4.78, 5) is 0. The zero-order valence-corrected chi connectivity index (χ0v) is 11.0. The molecule has 0 radical (unpaired) electrons. The highest BCUT2D eigenvalue weighted by atomic mass is 16.5. The van der Waals surface area contributed by atoms with E-state index in [2.05, 4.69) is 24.3 Å². The predicted octanol–water partition coefficient (Wildman–Crippen LogP) is 2.02. The van der Waals surface area contributed by atoms with Crippen molar-refractivity contribution >= 4 is 0 Å². The molecule has 1 aliphatic carbocycles. The molecule has 2 rings (SSSR count). The number of rotatable bonds is 5. The molecule has 4 heteroatoms. The van der Waals surface area contributed by atoms with Gasteiger partial charge in [-0.05, 0) is 19.3 Å². The summed E-state index contributed by atoms with van der Waals surface area (Å²) in [6, 6.07) is 0. The Balaban J connectivity index is 2.03. The molecule has 96 valence electrons. The highest BCUT2D eigenvalue weighted by Gasteiger charge is 2.33. The first-order chi connectivity index (χ1) is 8.15. The summed E-state index contributed by atoms with van der Waals surface area (Å²) in [5.41, 5.74) is 2.54. The lowest BCUT2D eigenvalue weighted by Crippen LogP contribution is -2.24. The molecule has 0 amide bonds. The van der Waals surface area contributed by atoms with E-state index in [1.807, 2.05) is 0 Å². The Hall–Kier alpha value is -0.870. The molecular weight excluding hydrogens is 216 g/mol. The molecule has 17 heavy (non-hydrogen) atoms. The number of nitrogens with zero attached hydrogens (tertiary/aromatic N) is 1. The van der Waals surface area contributed by atoms with Gasteiger partial charge in [0.25, 0.3) is 0 Å². The molecule has 0 bridgehead atoms. The van der Waals surface area contributed by atoms with Gasteiger partial charge in [-0.3, -0.25) is 0 Å². The van der Waals surface area contributed by atoms with Crippen molar-refractivity contribution in [2.45, 2.75) is 45.1 Å². The molecule has 0 saturated heterocycles. The van der Waals surface area contributed by atoms with Crippen LogP contribution in [0.5, 0.6) is 0 Å². The van der Waals surface area contributed by atoms with Gasteiger partial charge < -0.3 is 14.6 Å². The van der Waals surface area contributed by atoms with Crippen LogP contribution in [0, 0.1) is 0 Å². The Morgan fingerprint density at radius 1 is 1.47 bits per heavy atom. The minimum atomic E-state index is 0.144. The second-order valence-corrected chi connectivity index (χ2v) is 5.34. The zero-order chi connectivity index (χ0) is 12.3. The van der Waals surface area contributed by atoms with Crippen molar-refractivity contribution < 1.29 is 9.26 Å². The first-order valence-corrected chi connectivity index (χ1v) is 6.32. The lowest BCUT2D eigenvalue weighted by atomic mass is 9.77. The quantitative estimate of drug-likeness (QED) is 0.797. The Kier molecular flexibility index (Phi) is 3.84. The monoisotopic (exact) mass is 238 g/mol. The van der Waals surface area contributed by atoms with Crippen LogP contribution < -0.4 is 5.32 Å². The summed E-state index contributed by atoms with van der Waals surface area (Å²) < 4.78 is 10.5.